The minimum Gasteiger partial charge on any atom is -0.497 e. The largest absolute Gasteiger partial charge is 0.497 e. The van der Waals surface area contributed by atoms with Gasteiger partial charge in [0, 0.05) is 12.5 Å². The van der Waals surface area contributed by atoms with Gasteiger partial charge < -0.3 is 9.84 Å². The Balaban J connectivity index is 2.60. The number of carbonyl (C=O) groups is 1. The van der Waals surface area contributed by atoms with E-state index in [4.69, 9.17) is 9.84 Å². The van der Waals surface area contributed by atoms with E-state index in [0.29, 0.717) is 18.0 Å². The van der Waals surface area contributed by atoms with E-state index >= 15 is 0 Å². The Labute approximate surface area is 110 Å². The Hall–Kier alpha value is -2.37. The molecule has 1 aromatic carbocycles. The average Bonchev–Trinajstić information content (AvgIpc) is 2.83. The Bertz CT molecular complexity index is 620. The molecule has 1 heterocycles. The maximum Gasteiger partial charge on any atom is 0.375 e. The van der Waals surface area contributed by atoms with Gasteiger partial charge in [-0.05, 0) is 18.6 Å². The minimum absolute atomic E-state index is 0.195. The fraction of sp³-hybridized carbons (Fsp3) is 0.308. The lowest BCUT2D eigenvalue weighted by atomic mass is 10.2. The number of ether oxygens (including phenoxy) is 1. The molecule has 2 rings (SSSR count). The second-order valence-corrected chi connectivity index (χ2v) is 4.07. The SMILES string of the molecule is CCc1nc(C(=O)O)nn1-c1cc(OC)ccc1C. The summed E-state index contributed by atoms with van der Waals surface area (Å²) in [5.41, 5.74) is 1.74. The van der Waals surface area contributed by atoms with Crippen LogP contribution in [0, 0.1) is 6.92 Å². The van der Waals surface area contributed by atoms with E-state index in [1.165, 1.54) is 0 Å². The van der Waals surface area contributed by atoms with Crippen LogP contribution in [-0.2, 0) is 6.42 Å². The Morgan fingerprint density at radius 2 is 2.21 bits per heavy atom. The first-order chi connectivity index (χ1) is 9.06. The molecule has 0 amide bonds. The van der Waals surface area contributed by atoms with Crippen LogP contribution in [0.4, 0.5) is 0 Å². The molecule has 2 aromatic rings. The van der Waals surface area contributed by atoms with Gasteiger partial charge in [0.2, 0.25) is 0 Å². The summed E-state index contributed by atoms with van der Waals surface area (Å²) in [5, 5.41) is 13.0. The molecule has 0 aliphatic rings. The minimum atomic E-state index is -1.13. The summed E-state index contributed by atoms with van der Waals surface area (Å²) in [7, 11) is 1.58. The lowest BCUT2D eigenvalue weighted by Gasteiger charge is -2.09. The third-order valence-corrected chi connectivity index (χ3v) is 2.83. The third kappa shape index (κ3) is 2.42. The fourth-order valence-corrected chi connectivity index (χ4v) is 1.80. The van der Waals surface area contributed by atoms with Gasteiger partial charge in [0.15, 0.2) is 0 Å². The highest BCUT2D eigenvalue weighted by atomic mass is 16.5. The van der Waals surface area contributed by atoms with Crippen LogP contribution in [0.5, 0.6) is 5.75 Å². The molecule has 0 spiro atoms. The van der Waals surface area contributed by atoms with Crippen LogP contribution in [0.15, 0.2) is 18.2 Å². The summed E-state index contributed by atoms with van der Waals surface area (Å²) in [6.45, 7) is 3.83. The van der Waals surface area contributed by atoms with E-state index in [0.717, 1.165) is 11.3 Å². The number of carboxylic acid groups (broad SMARTS) is 1. The molecule has 100 valence electrons. The van der Waals surface area contributed by atoms with Gasteiger partial charge >= 0.3 is 5.97 Å². The highest BCUT2D eigenvalue weighted by Gasteiger charge is 2.16. The zero-order chi connectivity index (χ0) is 14.0. The summed E-state index contributed by atoms with van der Waals surface area (Å²) in [6, 6.07) is 5.56. The molecule has 0 radical (unpaired) electrons. The van der Waals surface area contributed by atoms with Crippen LogP contribution < -0.4 is 4.74 Å². The summed E-state index contributed by atoms with van der Waals surface area (Å²) in [5.74, 6) is -0.0307. The molecular weight excluding hydrogens is 246 g/mol. The van der Waals surface area contributed by atoms with Gasteiger partial charge in [0.05, 0.1) is 12.8 Å². The highest BCUT2D eigenvalue weighted by molar-refractivity contribution is 5.83. The molecule has 19 heavy (non-hydrogen) atoms. The van der Waals surface area contributed by atoms with Crippen molar-refractivity contribution in [2.24, 2.45) is 0 Å². The normalized spacial score (nSPS) is 10.5. The molecule has 0 bridgehead atoms. The molecule has 0 fully saturated rings. The summed E-state index contributed by atoms with van der Waals surface area (Å²) < 4.78 is 6.74. The number of aromatic carboxylic acids is 1. The zero-order valence-corrected chi connectivity index (χ0v) is 11.0. The molecule has 0 saturated heterocycles. The van der Waals surface area contributed by atoms with Crippen LogP contribution in [-0.4, -0.2) is 33.0 Å². The van der Waals surface area contributed by atoms with Crippen molar-refractivity contribution in [1.82, 2.24) is 14.8 Å². The summed E-state index contributed by atoms with van der Waals surface area (Å²) in [6.07, 6.45) is 0.594. The molecule has 6 nitrogen and oxygen atoms in total. The van der Waals surface area contributed by atoms with Gasteiger partial charge in [0.1, 0.15) is 11.6 Å². The molecule has 0 aliphatic carbocycles. The molecule has 0 atom stereocenters. The number of nitrogens with zero attached hydrogens (tertiary/aromatic N) is 3. The highest BCUT2D eigenvalue weighted by Crippen LogP contribution is 2.21. The average molecular weight is 261 g/mol. The predicted octanol–water partition coefficient (Wildman–Crippen LogP) is 1.84. The second-order valence-electron chi connectivity index (χ2n) is 4.07. The molecular formula is C13H15N3O3. The van der Waals surface area contributed by atoms with Gasteiger partial charge in [-0.25, -0.2) is 14.5 Å². The topological polar surface area (TPSA) is 77.2 Å². The van der Waals surface area contributed by atoms with E-state index in [1.54, 1.807) is 11.8 Å². The maximum absolute atomic E-state index is 11.0. The van der Waals surface area contributed by atoms with Gasteiger partial charge in [-0.2, -0.15) is 0 Å². The lowest BCUT2D eigenvalue weighted by Crippen LogP contribution is -2.05. The van der Waals surface area contributed by atoms with Crippen molar-refractivity contribution in [2.45, 2.75) is 20.3 Å². The van der Waals surface area contributed by atoms with Crippen LogP contribution in [0.1, 0.15) is 28.9 Å². The van der Waals surface area contributed by atoms with Crippen molar-refractivity contribution >= 4 is 5.97 Å². The number of hydrogen-bond donors (Lipinski definition) is 1. The monoisotopic (exact) mass is 261 g/mol. The summed E-state index contributed by atoms with van der Waals surface area (Å²) in [4.78, 5) is 15.0. The third-order valence-electron chi connectivity index (χ3n) is 2.83. The van der Waals surface area contributed by atoms with Crippen molar-refractivity contribution in [3.8, 4) is 11.4 Å². The molecule has 0 unspecified atom stereocenters. The van der Waals surface area contributed by atoms with Crippen LogP contribution in [0.2, 0.25) is 0 Å². The van der Waals surface area contributed by atoms with Crippen molar-refractivity contribution in [3.05, 3.63) is 35.4 Å². The number of benzene rings is 1. The van der Waals surface area contributed by atoms with Gasteiger partial charge in [-0.1, -0.05) is 13.0 Å². The molecule has 0 aliphatic heterocycles. The molecule has 1 aromatic heterocycles. The first-order valence-electron chi connectivity index (χ1n) is 5.91. The van der Waals surface area contributed by atoms with Crippen LogP contribution in [0.25, 0.3) is 5.69 Å². The van der Waals surface area contributed by atoms with Gasteiger partial charge in [0.25, 0.3) is 5.82 Å². The van der Waals surface area contributed by atoms with Crippen molar-refractivity contribution in [1.29, 1.82) is 0 Å². The second kappa shape index (κ2) is 5.09. The lowest BCUT2D eigenvalue weighted by molar-refractivity contribution is 0.0683. The molecule has 0 saturated carbocycles. The van der Waals surface area contributed by atoms with Crippen molar-refractivity contribution < 1.29 is 14.6 Å². The van der Waals surface area contributed by atoms with E-state index in [1.807, 2.05) is 32.0 Å². The van der Waals surface area contributed by atoms with Crippen molar-refractivity contribution in [2.75, 3.05) is 7.11 Å². The number of aromatic nitrogens is 3. The maximum atomic E-state index is 11.0. The first-order valence-corrected chi connectivity index (χ1v) is 5.91. The number of carboxylic acids is 1. The summed E-state index contributed by atoms with van der Waals surface area (Å²) >= 11 is 0. The Kier molecular flexibility index (Phi) is 3.50. The fourth-order valence-electron chi connectivity index (χ4n) is 1.80. The van der Waals surface area contributed by atoms with Gasteiger partial charge in [-0.15, -0.1) is 5.10 Å². The quantitative estimate of drug-likeness (QED) is 0.908. The molecule has 1 N–H and O–H groups in total. The first kappa shape index (κ1) is 13.1. The number of rotatable bonds is 4. The van der Waals surface area contributed by atoms with E-state index < -0.39 is 5.97 Å². The van der Waals surface area contributed by atoms with E-state index in [9.17, 15) is 4.79 Å². The standard InChI is InChI=1S/C13H15N3O3/c1-4-11-14-12(13(17)18)15-16(11)10-7-9(19-3)6-5-8(10)2/h5-7H,4H2,1-3H3,(H,17,18). The van der Waals surface area contributed by atoms with Crippen LogP contribution in [0.3, 0.4) is 0 Å². The van der Waals surface area contributed by atoms with Crippen molar-refractivity contribution in [3.63, 3.8) is 0 Å². The smallest absolute Gasteiger partial charge is 0.375 e. The predicted molar refractivity (Wildman–Crippen MR) is 69.0 cm³/mol. The Morgan fingerprint density at radius 1 is 1.47 bits per heavy atom. The van der Waals surface area contributed by atoms with E-state index in [-0.39, 0.29) is 5.82 Å². The Morgan fingerprint density at radius 3 is 2.79 bits per heavy atom. The van der Waals surface area contributed by atoms with E-state index in [2.05, 4.69) is 10.1 Å². The molecule has 6 heteroatoms. The zero-order valence-electron chi connectivity index (χ0n) is 11.0. The number of aryl methyl sites for hydroxylation is 2. The number of methoxy groups -OCH3 is 1. The number of hydrogen-bond acceptors (Lipinski definition) is 4. The van der Waals surface area contributed by atoms with Gasteiger partial charge in [-0.3, -0.25) is 0 Å². The van der Waals surface area contributed by atoms with Crippen LogP contribution >= 0.6 is 0 Å².